The van der Waals surface area contributed by atoms with Gasteiger partial charge < -0.3 is 0 Å². The van der Waals surface area contributed by atoms with Crippen LogP contribution in [0.25, 0.3) is 11.1 Å². The van der Waals surface area contributed by atoms with Crippen LogP contribution in [0.2, 0.25) is 0 Å². The van der Waals surface area contributed by atoms with Gasteiger partial charge >= 0.3 is 0 Å². The average molecular weight is 706 g/mol. The third kappa shape index (κ3) is 3.59. The molecule has 0 radical (unpaired) electrons. The molecule has 0 saturated heterocycles. The summed E-state index contributed by atoms with van der Waals surface area (Å²) in [7, 11) is 0. The third-order valence-electron chi connectivity index (χ3n) is 2.37. The molecule has 0 bridgehead atoms. The van der Waals surface area contributed by atoms with E-state index in [1.807, 2.05) is 18.2 Å². The van der Waals surface area contributed by atoms with Crippen molar-refractivity contribution in [2.75, 3.05) is 0 Å². The molecule has 0 N–H and O–H groups in total. The molecule has 100 valence electrons. The van der Waals surface area contributed by atoms with Gasteiger partial charge in [-0.1, -0.05) is 47.8 Å². The Labute approximate surface area is 170 Å². The van der Waals surface area contributed by atoms with Gasteiger partial charge in [0.1, 0.15) is 0 Å². The van der Waals surface area contributed by atoms with Crippen molar-refractivity contribution in [3.05, 3.63) is 49.5 Å². The van der Waals surface area contributed by atoms with Crippen LogP contribution in [0.5, 0.6) is 0 Å². The number of halogens is 7. The van der Waals surface area contributed by atoms with Crippen LogP contribution in [0.1, 0.15) is 0 Å². The molecule has 0 unspecified atom stereocenters. The Morgan fingerprint density at radius 1 is 0.474 bits per heavy atom. The number of rotatable bonds is 1. The predicted molar refractivity (Wildman–Crippen MR) is 106 cm³/mol. The first-order valence-corrected chi connectivity index (χ1v) is 10.4. The standard InChI is InChI=1S/C12H3Br7/c13-4-1-5(14)9(6(15)2-4)10-11(18)7(16)3-8(17)12(10)19/h1-3H. The molecule has 0 atom stereocenters. The maximum atomic E-state index is 3.64. The van der Waals surface area contributed by atoms with E-state index < -0.39 is 0 Å². The van der Waals surface area contributed by atoms with E-state index in [4.69, 9.17) is 0 Å². The van der Waals surface area contributed by atoms with Gasteiger partial charge in [-0.15, -0.1) is 0 Å². The smallest absolute Gasteiger partial charge is 0.0408 e. The topological polar surface area (TPSA) is 0 Å². The molecule has 19 heavy (non-hydrogen) atoms. The lowest BCUT2D eigenvalue weighted by molar-refractivity contribution is 1.45. The van der Waals surface area contributed by atoms with Crippen LogP contribution in [0.4, 0.5) is 0 Å². The first-order chi connectivity index (χ1) is 8.82. The zero-order valence-electron chi connectivity index (χ0n) is 8.88. The molecule has 0 amide bonds. The zero-order valence-corrected chi connectivity index (χ0v) is 20.0. The average Bonchev–Trinajstić information content (AvgIpc) is 2.30. The second-order valence-corrected chi connectivity index (χ2v) is 9.51. The second kappa shape index (κ2) is 6.92. The van der Waals surface area contributed by atoms with Crippen LogP contribution < -0.4 is 0 Å². The van der Waals surface area contributed by atoms with Gasteiger partial charge in [0.25, 0.3) is 0 Å². The van der Waals surface area contributed by atoms with Crippen molar-refractivity contribution in [3.63, 3.8) is 0 Å². The first kappa shape index (κ1) is 17.2. The molecular formula is C12H3Br7. The summed E-state index contributed by atoms with van der Waals surface area (Å²) in [6.45, 7) is 0. The van der Waals surface area contributed by atoms with E-state index in [0.29, 0.717) is 0 Å². The maximum absolute atomic E-state index is 3.64. The van der Waals surface area contributed by atoms with E-state index in [0.717, 1.165) is 42.4 Å². The Hall–Kier alpha value is 1.80. The molecule has 0 aliphatic rings. The Bertz CT molecular complexity index is 614. The molecule has 0 nitrogen and oxygen atoms in total. The summed E-state index contributed by atoms with van der Waals surface area (Å²) in [5.41, 5.74) is 2.14. The highest BCUT2D eigenvalue weighted by Crippen LogP contribution is 2.48. The molecule has 0 fully saturated rings. The van der Waals surface area contributed by atoms with Crippen molar-refractivity contribution in [2.24, 2.45) is 0 Å². The molecule has 0 saturated carbocycles. The SMILES string of the molecule is Brc1cc(Br)c(-c2c(Br)c(Br)cc(Br)c2Br)c(Br)c1. The largest absolute Gasteiger partial charge is 0.0508 e. The molecule has 0 aliphatic heterocycles. The van der Waals surface area contributed by atoms with Gasteiger partial charge in [0.2, 0.25) is 0 Å². The number of hydrogen-bond donors (Lipinski definition) is 0. The lowest BCUT2D eigenvalue weighted by atomic mass is 10.1. The lowest BCUT2D eigenvalue weighted by Gasteiger charge is -2.15. The van der Waals surface area contributed by atoms with E-state index in [1.165, 1.54) is 0 Å². The predicted octanol–water partition coefficient (Wildman–Crippen LogP) is 8.69. The van der Waals surface area contributed by atoms with Gasteiger partial charge in [-0.3, -0.25) is 0 Å². The molecule has 0 spiro atoms. The molecule has 0 aliphatic carbocycles. The lowest BCUT2D eigenvalue weighted by Crippen LogP contribution is -1.89. The van der Waals surface area contributed by atoms with Crippen molar-refractivity contribution < 1.29 is 0 Å². The summed E-state index contributed by atoms with van der Waals surface area (Å²) >= 11 is 25.1. The van der Waals surface area contributed by atoms with E-state index in [2.05, 4.69) is 112 Å². The molecule has 0 heterocycles. The minimum Gasteiger partial charge on any atom is -0.0508 e. The van der Waals surface area contributed by atoms with Crippen molar-refractivity contribution >= 4 is 112 Å². The van der Waals surface area contributed by atoms with E-state index >= 15 is 0 Å². The maximum Gasteiger partial charge on any atom is 0.0408 e. The minimum atomic E-state index is 0.985. The highest BCUT2D eigenvalue weighted by molar-refractivity contribution is 9.14. The highest BCUT2D eigenvalue weighted by Gasteiger charge is 2.19. The summed E-state index contributed by atoms with van der Waals surface area (Å²) in [5.74, 6) is 0. The fourth-order valence-corrected chi connectivity index (χ4v) is 6.68. The van der Waals surface area contributed by atoms with Crippen molar-refractivity contribution in [1.82, 2.24) is 0 Å². The van der Waals surface area contributed by atoms with Crippen LogP contribution in [-0.2, 0) is 0 Å². The molecule has 2 rings (SSSR count). The van der Waals surface area contributed by atoms with Gasteiger partial charge in [0.05, 0.1) is 0 Å². The molecule has 0 aromatic heterocycles. The fraction of sp³-hybridized carbons (Fsp3) is 0. The first-order valence-electron chi connectivity index (χ1n) is 4.80. The minimum absolute atomic E-state index is 0.985. The van der Waals surface area contributed by atoms with Gasteiger partial charge in [0.15, 0.2) is 0 Å². The van der Waals surface area contributed by atoms with Crippen molar-refractivity contribution in [1.29, 1.82) is 0 Å². The third-order valence-corrected chi connectivity index (χ3v) is 8.04. The van der Waals surface area contributed by atoms with Gasteiger partial charge in [-0.05, 0) is 81.9 Å². The van der Waals surface area contributed by atoms with Crippen LogP contribution in [0, 0.1) is 0 Å². The van der Waals surface area contributed by atoms with Crippen molar-refractivity contribution in [2.45, 2.75) is 0 Å². The molecular weight excluding hydrogens is 703 g/mol. The summed E-state index contributed by atoms with van der Waals surface area (Å²) < 4.78 is 6.97. The van der Waals surface area contributed by atoms with Crippen LogP contribution in [0.15, 0.2) is 49.5 Å². The van der Waals surface area contributed by atoms with Gasteiger partial charge in [-0.2, -0.15) is 0 Å². The normalized spacial score (nSPS) is 10.9. The molecule has 2 aromatic rings. The monoisotopic (exact) mass is 699 g/mol. The van der Waals surface area contributed by atoms with Crippen molar-refractivity contribution in [3.8, 4) is 11.1 Å². The number of benzene rings is 2. The highest BCUT2D eigenvalue weighted by atomic mass is 79.9. The number of hydrogen-bond acceptors (Lipinski definition) is 0. The fourth-order valence-electron chi connectivity index (χ4n) is 1.57. The second-order valence-electron chi connectivity index (χ2n) is 3.59. The van der Waals surface area contributed by atoms with Gasteiger partial charge in [0, 0.05) is 42.4 Å². The Balaban J connectivity index is 2.87. The van der Waals surface area contributed by atoms with E-state index in [1.54, 1.807) is 0 Å². The quantitative estimate of drug-likeness (QED) is 0.261. The Morgan fingerprint density at radius 3 is 1.32 bits per heavy atom. The van der Waals surface area contributed by atoms with E-state index in [9.17, 15) is 0 Å². The van der Waals surface area contributed by atoms with Crippen LogP contribution in [0.3, 0.4) is 0 Å². The Morgan fingerprint density at radius 2 is 0.895 bits per heavy atom. The van der Waals surface area contributed by atoms with E-state index in [-0.39, 0.29) is 0 Å². The molecule has 7 heteroatoms. The summed E-state index contributed by atoms with van der Waals surface area (Å²) in [5, 5.41) is 0. The van der Waals surface area contributed by atoms with Crippen LogP contribution in [-0.4, -0.2) is 0 Å². The summed E-state index contributed by atoms with van der Waals surface area (Å²) in [6, 6.07) is 6.04. The summed E-state index contributed by atoms with van der Waals surface area (Å²) in [6.07, 6.45) is 0. The van der Waals surface area contributed by atoms with Gasteiger partial charge in [-0.25, -0.2) is 0 Å². The van der Waals surface area contributed by atoms with Crippen LogP contribution >= 0.6 is 112 Å². The Kier molecular flexibility index (Phi) is 6.25. The zero-order chi connectivity index (χ0) is 14.3. The molecule has 2 aromatic carbocycles. The summed E-state index contributed by atoms with van der Waals surface area (Å²) in [4.78, 5) is 0.